The van der Waals surface area contributed by atoms with Crippen molar-refractivity contribution in [1.29, 1.82) is 0 Å². The fraction of sp³-hybridized carbons (Fsp3) is 0.500. The van der Waals surface area contributed by atoms with Gasteiger partial charge < -0.3 is 10.3 Å². The summed E-state index contributed by atoms with van der Waals surface area (Å²) in [7, 11) is 0. The van der Waals surface area contributed by atoms with Gasteiger partial charge in [-0.3, -0.25) is 4.79 Å². The van der Waals surface area contributed by atoms with Crippen LogP contribution >= 0.6 is 0 Å². The van der Waals surface area contributed by atoms with E-state index in [9.17, 15) is 4.79 Å². The van der Waals surface area contributed by atoms with Crippen LogP contribution < -0.4 is 5.73 Å². The third kappa shape index (κ3) is 2.08. The van der Waals surface area contributed by atoms with Crippen molar-refractivity contribution in [2.45, 2.75) is 25.8 Å². The third-order valence-electron chi connectivity index (χ3n) is 1.85. The Morgan fingerprint density at radius 1 is 1.75 bits per heavy atom. The number of aromatic nitrogens is 2. The molecule has 0 aliphatic heterocycles. The number of amides is 1. The van der Waals surface area contributed by atoms with E-state index in [4.69, 9.17) is 5.73 Å². The predicted molar refractivity (Wildman–Crippen MR) is 45.4 cm³/mol. The number of hydrogen-bond donors (Lipinski definition) is 1. The third-order valence-corrected chi connectivity index (χ3v) is 1.85. The van der Waals surface area contributed by atoms with Crippen molar-refractivity contribution in [3.05, 3.63) is 18.7 Å². The number of imidazole rings is 1. The van der Waals surface area contributed by atoms with E-state index in [0.717, 1.165) is 6.42 Å². The molecule has 1 unspecified atom stereocenters. The van der Waals surface area contributed by atoms with E-state index in [0.29, 0.717) is 6.42 Å². The summed E-state index contributed by atoms with van der Waals surface area (Å²) in [4.78, 5) is 14.6. The van der Waals surface area contributed by atoms with Crippen molar-refractivity contribution in [3.63, 3.8) is 0 Å². The lowest BCUT2D eigenvalue weighted by Crippen LogP contribution is -2.18. The zero-order valence-corrected chi connectivity index (χ0v) is 7.10. The summed E-state index contributed by atoms with van der Waals surface area (Å²) in [5.41, 5.74) is 5.10. The molecule has 2 N–H and O–H groups in total. The molecule has 1 rings (SSSR count). The molecule has 1 heterocycles. The van der Waals surface area contributed by atoms with Crippen LogP contribution in [0.5, 0.6) is 0 Å². The number of primary amides is 1. The Labute approximate surface area is 71.4 Å². The summed E-state index contributed by atoms with van der Waals surface area (Å²) in [5, 5.41) is 0. The molecular weight excluding hydrogens is 154 g/mol. The summed E-state index contributed by atoms with van der Waals surface area (Å²) >= 11 is 0. The Morgan fingerprint density at radius 3 is 2.92 bits per heavy atom. The van der Waals surface area contributed by atoms with Crippen molar-refractivity contribution in [2.75, 3.05) is 0 Å². The molecule has 1 aromatic heterocycles. The number of carbonyl (C=O) groups is 1. The Morgan fingerprint density at radius 2 is 2.50 bits per heavy atom. The Hall–Kier alpha value is -1.32. The van der Waals surface area contributed by atoms with Crippen LogP contribution in [-0.2, 0) is 4.79 Å². The van der Waals surface area contributed by atoms with E-state index in [2.05, 4.69) is 4.98 Å². The molecule has 0 aromatic carbocycles. The largest absolute Gasteiger partial charge is 0.370 e. The lowest BCUT2D eigenvalue weighted by molar-refractivity contribution is -0.118. The van der Waals surface area contributed by atoms with Crippen LogP contribution in [0.25, 0.3) is 0 Å². The molecule has 0 saturated heterocycles. The zero-order chi connectivity index (χ0) is 8.97. The number of hydrogen-bond acceptors (Lipinski definition) is 2. The smallest absolute Gasteiger partial charge is 0.219 e. The lowest BCUT2D eigenvalue weighted by atomic mass is 10.1. The molecule has 66 valence electrons. The van der Waals surface area contributed by atoms with E-state index in [1.165, 1.54) is 0 Å². The molecule has 0 spiro atoms. The van der Waals surface area contributed by atoms with Crippen molar-refractivity contribution in [3.8, 4) is 0 Å². The van der Waals surface area contributed by atoms with Gasteiger partial charge in [0.25, 0.3) is 0 Å². The highest BCUT2D eigenvalue weighted by molar-refractivity contribution is 5.74. The summed E-state index contributed by atoms with van der Waals surface area (Å²) in [6, 6.07) is 0.157. The highest BCUT2D eigenvalue weighted by Crippen LogP contribution is 2.13. The van der Waals surface area contributed by atoms with Gasteiger partial charge in [-0.25, -0.2) is 4.98 Å². The van der Waals surface area contributed by atoms with Crippen LogP contribution in [-0.4, -0.2) is 15.5 Å². The average molecular weight is 167 g/mol. The Kier molecular flexibility index (Phi) is 2.85. The SMILES string of the molecule is CCC(CC(N)=O)n1ccnc1. The molecule has 0 aliphatic rings. The first-order valence-corrected chi connectivity index (χ1v) is 3.99. The van der Waals surface area contributed by atoms with Crippen LogP contribution in [0.3, 0.4) is 0 Å². The van der Waals surface area contributed by atoms with Crippen LogP contribution in [0.2, 0.25) is 0 Å². The van der Waals surface area contributed by atoms with Crippen LogP contribution in [0.1, 0.15) is 25.8 Å². The number of carbonyl (C=O) groups excluding carboxylic acids is 1. The molecule has 0 fully saturated rings. The van der Waals surface area contributed by atoms with Crippen molar-refractivity contribution >= 4 is 5.91 Å². The molecule has 4 heteroatoms. The first-order valence-electron chi connectivity index (χ1n) is 3.99. The van der Waals surface area contributed by atoms with E-state index in [1.807, 2.05) is 17.7 Å². The van der Waals surface area contributed by atoms with Gasteiger partial charge in [0, 0.05) is 24.9 Å². The molecule has 4 nitrogen and oxygen atoms in total. The van der Waals surface area contributed by atoms with Crippen molar-refractivity contribution < 1.29 is 4.79 Å². The van der Waals surface area contributed by atoms with Gasteiger partial charge in [0.15, 0.2) is 0 Å². The minimum atomic E-state index is -0.268. The number of rotatable bonds is 4. The van der Waals surface area contributed by atoms with Crippen LogP contribution in [0.4, 0.5) is 0 Å². The quantitative estimate of drug-likeness (QED) is 0.717. The van der Waals surface area contributed by atoms with Crippen LogP contribution in [0, 0.1) is 0 Å². The predicted octanol–water partition coefficient (Wildman–Crippen LogP) is 0.710. The maximum atomic E-state index is 10.7. The first kappa shape index (κ1) is 8.77. The topological polar surface area (TPSA) is 60.9 Å². The summed E-state index contributed by atoms with van der Waals surface area (Å²) in [6.45, 7) is 2.02. The Balaban J connectivity index is 2.63. The first-order chi connectivity index (χ1) is 5.74. The normalized spacial score (nSPS) is 12.8. The monoisotopic (exact) mass is 167 g/mol. The maximum Gasteiger partial charge on any atom is 0.219 e. The second-order valence-electron chi connectivity index (χ2n) is 2.74. The molecule has 0 saturated carbocycles. The Bertz CT molecular complexity index is 243. The van der Waals surface area contributed by atoms with Crippen molar-refractivity contribution in [1.82, 2.24) is 9.55 Å². The molecule has 0 radical (unpaired) electrons. The van der Waals surface area contributed by atoms with Gasteiger partial charge in [-0.2, -0.15) is 0 Å². The van der Waals surface area contributed by atoms with E-state index < -0.39 is 0 Å². The zero-order valence-electron chi connectivity index (χ0n) is 7.10. The highest BCUT2D eigenvalue weighted by Gasteiger charge is 2.10. The fourth-order valence-corrected chi connectivity index (χ4v) is 1.18. The second kappa shape index (κ2) is 3.90. The summed E-state index contributed by atoms with van der Waals surface area (Å²) in [6.07, 6.45) is 6.52. The van der Waals surface area contributed by atoms with Gasteiger partial charge >= 0.3 is 0 Å². The molecule has 12 heavy (non-hydrogen) atoms. The van der Waals surface area contributed by atoms with Gasteiger partial charge in [-0.05, 0) is 6.42 Å². The summed E-state index contributed by atoms with van der Waals surface area (Å²) in [5.74, 6) is -0.268. The van der Waals surface area contributed by atoms with Gasteiger partial charge in [-0.1, -0.05) is 6.92 Å². The average Bonchev–Trinajstić information content (AvgIpc) is 2.51. The van der Waals surface area contributed by atoms with Crippen molar-refractivity contribution in [2.24, 2.45) is 5.73 Å². The standard InChI is InChI=1S/C8H13N3O/c1-2-7(5-8(9)12)11-4-3-10-6-11/h3-4,6-7H,2,5H2,1H3,(H2,9,12). The molecule has 1 amide bonds. The highest BCUT2D eigenvalue weighted by atomic mass is 16.1. The van der Waals surface area contributed by atoms with E-state index in [-0.39, 0.29) is 11.9 Å². The maximum absolute atomic E-state index is 10.7. The van der Waals surface area contributed by atoms with Gasteiger partial charge in [0.05, 0.1) is 6.33 Å². The minimum absolute atomic E-state index is 0.157. The number of nitrogens with zero attached hydrogens (tertiary/aromatic N) is 2. The fourth-order valence-electron chi connectivity index (χ4n) is 1.18. The molecular formula is C8H13N3O. The van der Waals surface area contributed by atoms with Gasteiger partial charge in [0.1, 0.15) is 0 Å². The lowest BCUT2D eigenvalue weighted by Gasteiger charge is -2.13. The second-order valence-corrected chi connectivity index (χ2v) is 2.74. The van der Waals surface area contributed by atoms with Gasteiger partial charge in [-0.15, -0.1) is 0 Å². The minimum Gasteiger partial charge on any atom is -0.370 e. The molecule has 1 aromatic rings. The molecule has 0 bridgehead atoms. The molecule has 0 aliphatic carbocycles. The number of nitrogens with two attached hydrogens (primary N) is 1. The van der Waals surface area contributed by atoms with E-state index >= 15 is 0 Å². The van der Waals surface area contributed by atoms with E-state index in [1.54, 1.807) is 12.5 Å². The van der Waals surface area contributed by atoms with Gasteiger partial charge in [0.2, 0.25) is 5.91 Å². The molecule has 1 atom stereocenters. The van der Waals surface area contributed by atoms with Crippen LogP contribution in [0.15, 0.2) is 18.7 Å². The summed E-state index contributed by atoms with van der Waals surface area (Å²) < 4.78 is 1.91.